The van der Waals surface area contributed by atoms with Gasteiger partial charge >= 0.3 is 5.69 Å². The summed E-state index contributed by atoms with van der Waals surface area (Å²) in [6.07, 6.45) is 1.62. The fourth-order valence-corrected chi connectivity index (χ4v) is 2.36. The molecule has 0 saturated heterocycles. The second-order valence-corrected chi connectivity index (χ2v) is 5.36. The van der Waals surface area contributed by atoms with Crippen LogP contribution in [0.2, 0.25) is 0 Å². The zero-order valence-electron chi connectivity index (χ0n) is 11.7. The van der Waals surface area contributed by atoms with Crippen molar-refractivity contribution in [2.24, 2.45) is 0 Å². The summed E-state index contributed by atoms with van der Waals surface area (Å²) >= 11 is 0. The molecule has 7 heteroatoms. The largest absolute Gasteiger partial charge is 0.371 e. The molecule has 1 amide bonds. The highest BCUT2D eigenvalue weighted by Gasteiger charge is 2.51. The standard InChI is InChI=1S/C14H17N5O2/c1-19(9-11-15-13(21)18-17-11)12(20)14(7-8-14)16-10-5-3-2-4-6-10/h2-6,16H,7-9H2,1H3,(H2,15,17,18,21). The highest BCUT2D eigenvalue weighted by molar-refractivity contribution is 5.92. The lowest BCUT2D eigenvalue weighted by molar-refractivity contribution is -0.132. The maximum Gasteiger partial charge on any atom is 0.340 e. The van der Waals surface area contributed by atoms with Crippen molar-refractivity contribution in [3.63, 3.8) is 0 Å². The first-order valence-electron chi connectivity index (χ1n) is 6.81. The zero-order valence-corrected chi connectivity index (χ0v) is 11.7. The average molecular weight is 287 g/mol. The molecule has 1 saturated carbocycles. The molecule has 1 fully saturated rings. The minimum atomic E-state index is -0.521. The Balaban J connectivity index is 1.68. The Morgan fingerprint density at radius 2 is 2.10 bits per heavy atom. The number of aromatic amines is 2. The Bertz CT molecular complexity index is 687. The fourth-order valence-electron chi connectivity index (χ4n) is 2.36. The van der Waals surface area contributed by atoms with Crippen LogP contribution in [0.5, 0.6) is 0 Å². The molecule has 1 aliphatic rings. The molecule has 7 nitrogen and oxygen atoms in total. The fraction of sp³-hybridized carbons (Fsp3) is 0.357. The number of amides is 1. The molecule has 3 rings (SSSR count). The number of hydrogen-bond donors (Lipinski definition) is 3. The van der Waals surface area contributed by atoms with Crippen molar-refractivity contribution in [3.05, 3.63) is 46.6 Å². The van der Waals surface area contributed by atoms with Crippen molar-refractivity contribution < 1.29 is 4.79 Å². The molecule has 1 aromatic carbocycles. The molecule has 0 unspecified atom stereocenters. The van der Waals surface area contributed by atoms with E-state index in [9.17, 15) is 9.59 Å². The number of likely N-dealkylation sites (N-methyl/N-ethyl adjacent to an activating group) is 1. The molecule has 1 aromatic heterocycles. The highest BCUT2D eigenvalue weighted by Crippen LogP contribution is 2.40. The van der Waals surface area contributed by atoms with Crippen LogP contribution in [0.4, 0.5) is 5.69 Å². The van der Waals surface area contributed by atoms with E-state index in [0.717, 1.165) is 18.5 Å². The topological polar surface area (TPSA) is 93.9 Å². The first kappa shape index (κ1) is 13.4. The number of nitrogens with zero attached hydrogens (tertiary/aromatic N) is 2. The van der Waals surface area contributed by atoms with Gasteiger partial charge < -0.3 is 10.2 Å². The Morgan fingerprint density at radius 3 is 2.67 bits per heavy atom. The summed E-state index contributed by atoms with van der Waals surface area (Å²) < 4.78 is 0. The molecule has 2 aromatic rings. The first-order valence-corrected chi connectivity index (χ1v) is 6.81. The first-order chi connectivity index (χ1) is 10.1. The van der Waals surface area contributed by atoms with Gasteiger partial charge in [-0.15, -0.1) is 0 Å². The Morgan fingerprint density at radius 1 is 1.38 bits per heavy atom. The van der Waals surface area contributed by atoms with E-state index in [1.807, 2.05) is 30.3 Å². The van der Waals surface area contributed by atoms with E-state index in [4.69, 9.17) is 0 Å². The quantitative estimate of drug-likeness (QED) is 0.754. The lowest BCUT2D eigenvalue weighted by Gasteiger charge is -2.24. The van der Waals surface area contributed by atoms with Crippen LogP contribution in [0.3, 0.4) is 0 Å². The summed E-state index contributed by atoms with van der Waals surface area (Å²) in [4.78, 5) is 27.7. The molecule has 110 valence electrons. The lowest BCUT2D eigenvalue weighted by atomic mass is 10.2. The summed E-state index contributed by atoms with van der Waals surface area (Å²) in [6.45, 7) is 0.274. The number of H-pyrrole nitrogens is 2. The Labute approximate surface area is 121 Å². The van der Waals surface area contributed by atoms with Gasteiger partial charge in [-0.25, -0.2) is 9.89 Å². The van der Waals surface area contributed by atoms with Crippen LogP contribution in [0.25, 0.3) is 0 Å². The number of aromatic nitrogens is 3. The molecule has 21 heavy (non-hydrogen) atoms. The minimum absolute atomic E-state index is 0.00945. The third-order valence-corrected chi connectivity index (χ3v) is 3.60. The number of rotatable bonds is 5. The van der Waals surface area contributed by atoms with Crippen LogP contribution in [-0.2, 0) is 11.3 Å². The normalized spacial score (nSPS) is 15.5. The number of benzene rings is 1. The van der Waals surface area contributed by atoms with Gasteiger partial charge in [-0.2, -0.15) is 5.10 Å². The molecular formula is C14H17N5O2. The monoisotopic (exact) mass is 287 g/mol. The van der Waals surface area contributed by atoms with E-state index in [0.29, 0.717) is 5.82 Å². The number of nitrogens with one attached hydrogen (secondary N) is 3. The molecular weight excluding hydrogens is 270 g/mol. The van der Waals surface area contributed by atoms with Gasteiger partial charge in [0.2, 0.25) is 5.91 Å². The number of hydrogen-bond acceptors (Lipinski definition) is 4. The van der Waals surface area contributed by atoms with Gasteiger partial charge in [0.1, 0.15) is 5.54 Å². The second-order valence-electron chi connectivity index (χ2n) is 5.36. The van der Waals surface area contributed by atoms with Gasteiger partial charge in [-0.1, -0.05) is 18.2 Å². The highest BCUT2D eigenvalue weighted by atomic mass is 16.2. The third kappa shape index (κ3) is 2.81. The molecule has 0 aliphatic heterocycles. The molecule has 0 radical (unpaired) electrons. The van der Waals surface area contributed by atoms with Crippen LogP contribution in [-0.4, -0.2) is 38.6 Å². The van der Waals surface area contributed by atoms with Gasteiger partial charge in [-0.05, 0) is 25.0 Å². The second kappa shape index (κ2) is 5.08. The third-order valence-electron chi connectivity index (χ3n) is 3.60. The van der Waals surface area contributed by atoms with Crippen molar-refractivity contribution in [1.82, 2.24) is 20.1 Å². The summed E-state index contributed by atoms with van der Waals surface area (Å²) in [7, 11) is 1.71. The van der Waals surface area contributed by atoms with Crippen molar-refractivity contribution in [2.45, 2.75) is 24.9 Å². The van der Waals surface area contributed by atoms with E-state index in [1.54, 1.807) is 11.9 Å². The van der Waals surface area contributed by atoms with Gasteiger partial charge in [0, 0.05) is 12.7 Å². The lowest BCUT2D eigenvalue weighted by Crippen LogP contribution is -2.42. The maximum absolute atomic E-state index is 12.6. The number of carbonyl (C=O) groups excluding carboxylic acids is 1. The number of anilines is 1. The molecule has 3 N–H and O–H groups in total. The van der Waals surface area contributed by atoms with Crippen LogP contribution in [0, 0.1) is 0 Å². The molecule has 1 aliphatic carbocycles. The summed E-state index contributed by atoms with van der Waals surface area (Å²) in [5.41, 5.74) is 0.0477. The predicted molar refractivity (Wildman–Crippen MR) is 77.7 cm³/mol. The van der Waals surface area contributed by atoms with E-state index >= 15 is 0 Å². The minimum Gasteiger partial charge on any atom is -0.371 e. The van der Waals surface area contributed by atoms with Crippen molar-refractivity contribution >= 4 is 11.6 Å². The van der Waals surface area contributed by atoms with Gasteiger partial charge in [0.25, 0.3) is 0 Å². The van der Waals surface area contributed by atoms with Gasteiger partial charge in [-0.3, -0.25) is 9.78 Å². The summed E-state index contributed by atoms with van der Waals surface area (Å²) in [5, 5.41) is 9.42. The van der Waals surface area contributed by atoms with Crippen molar-refractivity contribution in [1.29, 1.82) is 0 Å². The van der Waals surface area contributed by atoms with Crippen LogP contribution in [0.1, 0.15) is 18.7 Å². The smallest absolute Gasteiger partial charge is 0.340 e. The van der Waals surface area contributed by atoms with Gasteiger partial charge in [0.05, 0.1) is 6.54 Å². The van der Waals surface area contributed by atoms with E-state index < -0.39 is 5.54 Å². The predicted octanol–water partition coefficient (Wildman–Crippen LogP) is 0.701. The zero-order chi connectivity index (χ0) is 14.9. The van der Waals surface area contributed by atoms with E-state index in [2.05, 4.69) is 20.5 Å². The van der Waals surface area contributed by atoms with E-state index in [-0.39, 0.29) is 18.1 Å². The Kier molecular flexibility index (Phi) is 3.25. The van der Waals surface area contributed by atoms with Crippen LogP contribution in [0.15, 0.2) is 35.1 Å². The molecule has 0 bridgehead atoms. The summed E-state index contributed by atoms with van der Waals surface area (Å²) in [5.74, 6) is 0.460. The number of carbonyl (C=O) groups is 1. The van der Waals surface area contributed by atoms with Crippen molar-refractivity contribution in [3.8, 4) is 0 Å². The SMILES string of the molecule is CN(Cc1n[nH]c(=O)[nH]1)C(=O)C1(Nc2ccccc2)CC1. The molecule has 1 heterocycles. The Hall–Kier alpha value is -2.57. The van der Waals surface area contributed by atoms with E-state index in [1.165, 1.54) is 0 Å². The van der Waals surface area contributed by atoms with Crippen LogP contribution >= 0.6 is 0 Å². The molecule has 0 atom stereocenters. The maximum atomic E-state index is 12.6. The van der Waals surface area contributed by atoms with Gasteiger partial charge in [0.15, 0.2) is 5.82 Å². The average Bonchev–Trinajstić information content (AvgIpc) is 3.15. The summed E-state index contributed by atoms with van der Waals surface area (Å²) in [6, 6.07) is 9.69. The van der Waals surface area contributed by atoms with Crippen molar-refractivity contribution in [2.75, 3.05) is 12.4 Å². The molecule has 0 spiro atoms. The van der Waals surface area contributed by atoms with Crippen LogP contribution < -0.4 is 11.0 Å². The number of para-hydroxylation sites is 1.